The highest BCUT2D eigenvalue weighted by atomic mass is 32.1. The Labute approximate surface area is 142 Å². The van der Waals surface area contributed by atoms with E-state index in [1.54, 1.807) is 24.4 Å². The Morgan fingerprint density at radius 2 is 2.17 bits per heavy atom. The van der Waals surface area contributed by atoms with Crippen LogP contribution in [0, 0.1) is 11.7 Å². The number of phenols is 1. The number of aromatic hydroxyl groups is 1. The zero-order valence-electron chi connectivity index (χ0n) is 13.1. The number of hydrogen-bond acceptors (Lipinski definition) is 6. The van der Waals surface area contributed by atoms with Crippen LogP contribution in [-0.2, 0) is 0 Å². The monoisotopic (exact) mass is 344 g/mol. The van der Waals surface area contributed by atoms with Crippen molar-refractivity contribution in [1.82, 2.24) is 25.1 Å². The van der Waals surface area contributed by atoms with Crippen molar-refractivity contribution in [2.24, 2.45) is 5.10 Å². The van der Waals surface area contributed by atoms with E-state index in [0.717, 1.165) is 11.3 Å². The first-order valence-electron chi connectivity index (χ1n) is 7.28. The largest absolute Gasteiger partial charge is 0.504 e. The molecule has 0 spiro atoms. The summed E-state index contributed by atoms with van der Waals surface area (Å²) in [7, 11) is 0. The van der Waals surface area contributed by atoms with Crippen LogP contribution in [0.4, 0.5) is 0 Å². The minimum Gasteiger partial charge on any atom is -0.504 e. The van der Waals surface area contributed by atoms with E-state index in [9.17, 15) is 5.11 Å². The molecule has 0 aliphatic carbocycles. The number of aromatic nitrogens is 5. The van der Waals surface area contributed by atoms with Crippen molar-refractivity contribution in [3.05, 3.63) is 40.3 Å². The maximum atomic E-state index is 9.74. The molecule has 0 saturated heterocycles. The lowest BCUT2D eigenvalue weighted by atomic mass is 10.2. The molecule has 0 radical (unpaired) electrons. The van der Waals surface area contributed by atoms with Crippen molar-refractivity contribution in [3.8, 4) is 23.0 Å². The van der Waals surface area contributed by atoms with Gasteiger partial charge in [-0.15, -0.1) is 0 Å². The van der Waals surface area contributed by atoms with Gasteiger partial charge in [-0.25, -0.2) is 5.10 Å². The normalized spacial score (nSPS) is 11.2. The molecule has 3 aromatic rings. The summed E-state index contributed by atoms with van der Waals surface area (Å²) in [6, 6.07) is 6.83. The number of ether oxygens (including phenoxy) is 1. The Morgan fingerprint density at radius 1 is 1.33 bits per heavy atom. The first-order valence-corrected chi connectivity index (χ1v) is 7.69. The fraction of sp³-hybridized carbons (Fsp3) is 0.200. The molecule has 2 aromatic heterocycles. The zero-order chi connectivity index (χ0) is 17.1. The van der Waals surface area contributed by atoms with Gasteiger partial charge >= 0.3 is 0 Å². The van der Waals surface area contributed by atoms with Gasteiger partial charge < -0.3 is 9.84 Å². The number of phenolic OH excluding ortho intramolecular Hbond substituents is 1. The molecule has 0 fully saturated rings. The summed E-state index contributed by atoms with van der Waals surface area (Å²) in [6.07, 6.45) is 1.61. The van der Waals surface area contributed by atoms with Gasteiger partial charge in [-0.2, -0.15) is 20.0 Å². The molecule has 8 nitrogen and oxygen atoms in total. The van der Waals surface area contributed by atoms with E-state index in [4.69, 9.17) is 17.0 Å². The summed E-state index contributed by atoms with van der Waals surface area (Å²) in [5, 5.41) is 28.0. The Kier molecular flexibility index (Phi) is 4.43. The van der Waals surface area contributed by atoms with Crippen LogP contribution in [0.25, 0.3) is 11.5 Å². The highest BCUT2D eigenvalue weighted by Gasteiger charge is 2.11. The van der Waals surface area contributed by atoms with Crippen LogP contribution in [0.15, 0.2) is 29.4 Å². The maximum Gasteiger partial charge on any atom is 0.216 e. The summed E-state index contributed by atoms with van der Waals surface area (Å²) >= 11 is 5.21. The summed E-state index contributed by atoms with van der Waals surface area (Å²) in [5.41, 5.74) is 2.30. The number of aryl methyl sites for hydroxylation is 1. The molecule has 0 aliphatic heterocycles. The second kappa shape index (κ2) is 6.67. The van der Waals surface area contributed by atoms with E-state index in [1.807, 2.05) is 19.9 Å². The Balaban J connectivity index is 1.94. The molecule has 1 aromatic carbocycles. The van der Waals surface area contributed by atoms with E-state index >= 15 is 0 Å². The first-order chi connectivity index (χ1) is 11.6. The van der Waals surface area contributed by atoms with Crippen LogP contribution in [0.2, 0.25) is 0 Å². The van der Waals surface area contributed by atoms with Crippen LogP contribution in [0.3, 0.4) is 0 Å². The van der Waals surface area contributed by atoms with Crippen molar-refractivity contribution >= 4 is 18.4 Å². The molecule has 2 heterocycles. The van der Waals surface area contributed by atoms with Crippen LogP contribution >= 0.6 is 12.2 Å². The van der Waals surface area contributed by atoms with Crippen molar-refractivity contribution in [2.75, 3.05) is 6.61 Å². The smallest absolute Gasteiger partial charge is 0.216 e. The molecule has 0 saturated carbocycles. The van der Waals surface area contributed by atoms with E-state index in [0.29, 0.717) is 28.6 Å². The number of hydrogen-bond donors (Lipinski definition) is 3. The SMILES string of the molecule is CCOc1cc(/C=N\n2c(-c3cc(C)[nH]n3)n[nH]c2=S)ccc1O. The van der Waals surface area contributed by atoms with Crippen LogP contribution in [-0.4, -0.2) is 43.0 Å². The molecule has 0 amide bonds. The first kappa shape index (κ1) is 15.9. The lowest BCUT2D eigenvalue weighted by Gasteiger charge is -2.06. The average Bonchev–Trinajstić information content (AvgIpc) is 3.14. The fourth-order valence-electron chi connectivity index (χ4n) is 2.10. The molecule has 3 rings (SSSR count). The third kappa shape index (κ3) is 3.20. The number of H-pyrrole nitrogens is 2. The topological polar surface area (TPSA) is 104 Å². The summed E-state index contributed by atoms with van der Waals surface area (Å²) in [4.78, 5) is 0. The van der Waals surface area contributed by atoms with Crippen molar-refractivity contribution in [2.45, 2.75) is 13.8 Å². The highest BCUT2D eigenvalue weighted by Crippen LogP contribution is 2.26. The number of benzene rings is 1. The fourth-order valence-corrected chi connectivity index (χ4v) is 2.28. The summed E-state index contributed by atoms with van der Waals surface area (Å²) in [5.74, 6) is 0.992. The van der Waals surface area contributed by atoms with Crippen LogP contribution in [0.5, 0.6) is 11.5 Å². The minimum atomic E-state index is 0.0848. The molecule has 124 valence electrons. The predicted molar refractivity (Wildman–Crippen MR) is 92.0 cm³/mol. The number of aromatic amines is 2. The molecular weight excluding hydrogens is 328 g/mol. The molecule has 24 heavy (non-hydrogen) atoms. The molecule has 0 bridgehead atoms. The van der Waals surface area contributed by atoms with Gasteiger partial charge in [0.1, 0.15) is 5.69 Å². The lowest BCUT2D eigenvalue weighted by Crippen LogP contribution is -1.96. The number of rotatable bonds is 5. The van der Waals surface area contributed by atoms with Gasteiger partial charge in [0.05, 0.1) is 12.8 Å². The van der Waals surface area contributed by atoms with Gasteiger partial charge in [0.25, 0.3) is 0 Å². The predicted octanol–water partition coefficient (Wildman–Crippen LogP) is 2.63. The summed E-state index contributed by atoms with van der Waals surface area (Å²) in [6.45, 7) is 4.21. The molecule has 0 atom stereocenters. The standard InChI is InChI=1S/C15H16N6O2S/c1-3-23-13-7-10(4-5-12(13)22)8-16-21-14(19-20-15(21)24)11-6-9(2)17-18-11/h4-8,22H,3H2,1-2H3,(H,17,18)(H,20,24)/b16-8-. The Hall–Kier alpha value is -2.94. The van der Waals surface area contributed by atoms with Crippen molar-refractivity contribution < 1.29 is 9.84 Å². The molecule has 9 heteroatoms. The molecule has 0 aliphatic rings. The van der Waals surface area contributed by atoms with Crippen LogP contribution in [0.1, 0.15) is 18.2 Å². The quantitative estimate of drug-likeness (QED) is 0.487. The minimum absolute atomic E-state index is 0.0848. The van der Waals surface area contributed by atoms with Gasteiger partial charge in [0.2, 0.25) is 10.6 Å². The van der Waals surface area contributed by atoms with Crippen molar-refractivity contribution in [1.29, 1.82) is 0 Å². The van der Waals surface area contributed by atoms with E-state index in [-0.39, 0.29) is 5.75 Å². The van der Waals surface area contributed by atoms with Gasteiger partial charge in [0.15, 0.2) is 11.5 Å². The van der Waals surface area contributed by atoms with Crippen LogP contribution < -0.4 is 4.74 Å². The third-order valence-corrected chi connectivity index (χ3v) is 3.46. The number of nitrogens with zero attached hydrogens (tertiary/aromatic N) is 4. The summed E-state index contributed by atoms with van der Waals surface area (Å²) < 4.78 is 7.20. The van der Waals surface area contributed by atoms with Crippen molar-refractivity contribution in [3.63, 3.8) is 0 Å². The van der Waals surface area contributed by atoms with Gasteiger partial charge in [0, 0.05) is 5.69 Å². The second-order valence-corrected chi connectivity index (χ2v) is 5.39. The zero-order valence-corrected chi connectivity index (χ0v) is 14.0. The highest BCUT2D eigenvalue weighted by molar-refractivity contribution is 7.71. The van der Waals surface area contributed by atoms with E-state index < -0.39 is 0 Å². The van der Waals surface area contributed by atoms with E-state index in [1.165, 1.54) is 4.68 Å². The second-order valence-electron chi connectivity index (χ2n) is 5.01. The third-order valence-electron chi connectivity index (χ3n) is 3.19. The molecular formula is C15H16N6O2S. The number of nitrogens with one attached hydrogen (secondary N) is 2. The Bertz CT molecular complexity index is 940. The van der Waals surface area contributed by atoms with Gasteiger partial charge in [-0.3, -0.25) is 5.10 Å². The average molecular weight is 344 g/mol. The Morgan fingerprint density at radius 3 is 2.88 bits per heavy atom. The maximum absolute atomic E-state index is 9.74. The van der Waals surface area contributed by atoms with E-state index in [2.05, 4.69) is 25.5 Å². The van der Waals surface area contributed by atoms with Gasteiger partial charge in [-0.1, -0.05) is 0 Å². The van der Waals surface area contributed by atoms with Gasteiger partial charge in [-0.05, 0) is 55.9 Å². The molecule has 0 unspecified atom stereocenters. The molecule has 3 N–H and O–H groups in total. The lowest BCUT2D eigenvalue weighted by molar-refractivity contribution is 0.318.